The van der Waals surface area contributed by atoms with Crippen molar-refractivity contribution in [2.24, 2.45) is 0 Å². The number of fused-ring (bicyclic) bond motifs is 1. The smallest absolute Gasteiger partial charge is 0.295 e. The van der Waals surface area contributed by atoms with Gasteiger partial charge in [-0.15, -0.1) is 0 Å². The zero-order chi connectivity index (χ0) is 26.8. The van der Waals surface area contributed by atoms with E-state index in [1.165, 1.54) is 4.90 Å². The number of rotatable bonds is 8. The highest BCUT2D eigenvalue weighted by Crippen LogP contribution is 2.43. The second-order valence-electron chi connectivity index (χ2n) is 9.44. The molecule has 196 valence electrons. The second kappa shape index (κ2) is 10.6. The average molecular weight is 514 g/mol. The Kier molecular flexibility index (Phi) is 7.09. The fraction of sp³-hybridized carbons (Fsp3) is 0.290. The van der Waals surface area contributed by atoms with E-state index in [0.29, 0.717) is 42.3 Å². The molecular weight excluding hydrogens is 482 g/mol. The Hall–Kier alpha value is -4.26. The Morgan fingerprint density at radius 2 is 1.71 bits per heavy atom. The van der Waals surface area contributed by atoms with Crippen LogP contribution in [0.15, 0.2) is 72.3 Å². The highest BCUT2D eigenvalue weighted by molar-refractivity contribution is 6.46. The van der Waals surface area contributed by atoms with Gasteiger partial charge in [0.25, 0.3) is 11.7 Å². The van der Waals surface area contributed by atoms with Crippen molar-refractivity contribution < 1.29 is 28.9 Å². The van der Waals surface area contributed by atoms with Gasteiger partial charge in [-0.3, -0.25) is 9.59 Å². The first-order chi connectivity index (χ1) is 18.4. The van der Waals surface area contributed by atoms with Crippen molar-refractivity contribution in [1.82, 2.24) is 4.90 Å². The van der Waals surface area contributed by atoms with Crippen molar-refractivity contribution in [2.45, 2.75) is 45.9 Å². The van der Waals surface area contributed by atoms with Gasteiger partial charge in [-0.2, -0.15) is 0 Å². The summed E-state index contributed by atoms with van der Waals surface area (Å²) >= 11 is 0. The molecule has 0 radical (unpaired) electrons. The number of benzene rings is 3. The molecular formula is C31H31NO6. The van der Waals surface area contributed by atoms with Crippen LogP contribution in [-0.2, 0) is 22.6 Å². The zero-order valence-electron chi connectivity index (χ0n) is 21.8. The third-order valence-electron chi connectivity index (χ3n) is 6.79. The number of hydrogen-bond acceptors (Lipinski definition) is 6. The molecule has 0 saturated carbocycles. The highest BCUT2D eigenvalue weighted by atomic mass is 16.5. The Balaban J connectivity index is 1.65. The fourth-order valence-corrected chi connectivity index (χ4v) is 5.13. The van der Waals surface area contributed by atoms with Crippen LogP contribution >= 0.6 is 0 Å². The summed E-state index contributed by atoms with van der Waals surface area (Å²) in [5.74, 6) is 0.263. The van der Waals surface area contributed by atoms with Crippen molar-refractivity contribution in [2.75, 3.05) is 13.2 Å². The van der Waals surface area contributed by atoms with Crippen LogP contribution in [0.25, 0.3) is 5.76 Å². The van der Waals surface area contributed by atoms with Gasteiger partial charge in [0.15, 0.2) is 11.5 Å². The summed E-state index contributed by atoms with van der Waals surface area (Å²) in [6.45, 7) is 6.84. The molecule has 3 aromatic carbocycles. The van der Waals surface area contributed by atoms with Crippen LogP contribution in [0, 0.1) is 0 Å². The van der Waals surface area contributed by atoms with Crippen LogP contribution in [0.2, 0.25) is 0 Å². The molecule has 1 fully saturated rings. The van der Waals surface area contributed by atoms with E-state index < -0.39 is 17.7 Å². The van der Waals surface area contributed by atoms with Crippen LogP contribution in [0.1, 0.15) is 49.1 Å². The number of aliphatic hydroxyl groups excluding tert-OH is 1. The number of aliphatic hydroxyl groups is 1. The van der Waals surface area contributed by atoms with Gasteiger partial charge in [0.1, 0.15) is 17.6 Å². The van der Waals surface area contributed by atoms with E-state index in [4.69, 9.17) is 14.2 Å². The minimum Gasteiger partial charge on any atom is -0.507 e. The predicted octanol–water partition coefficient (Wildman–Crippen LogP) is 5.43. The van der Waals surface area contributed by atoms with Crippen LogP contribution in [0.4, 0.5) is 0 Å². The van der Waals surface area contributed by atoms with Gasteiger partial charge in [-0.25, -0.2) is 0 Å². The predicted molar refractivity (Wildman–Crippen MR) is 143 cm³/mol. The third kappa shape index (κ3) is 4.72. The topological polar surface area (TPSA) is 85.3 Å². The van der Waals surface area contributed by atoms with Crippen LogP contribution in [0.3, 0.4) is 0 Å². The van der Waals surface area contributed by atoms with E-state index in [1.54, 1.807) is 24.3 Å². The standard InChI is InChI=1S/C31H31NO6/c1-4-36-25-14-11-21(17-26(25)37-5-2)28-27(29(33)22-12-13-24-23(16-22)15-19(3)38-24)30(34)31(35)32(28)18-20-9-7-6-8-10-20/h6-14,16-17,19,28,33H,4-5,15,18H2,1-3H3/b29-27+/t19-,28+/m0/s1. The number of nitrogens with zero attached hydrogens (tertiary/aromatic N) is 1. The Morgan fingerprint density at radius 1 is 0.974 bits per heavy atom. The molecule has 2 aliphatic heterocycles. The summed E-state index contributed by atoms with van der Waals surface area (Å²) in [6, 6.07) is 19.4. The number of likely N-dealkylation sites (tertiary alicyclic amines) is 1. The summed E-state index contributed by atoms with van der Waals surface area (Å²) < 4.78 is 17.3. The molecule has 5 rings (SSSR count). The molecule has 0 aromatic heterocycles. The quantitative estimate of drug-likeness (QED) is 0.246. The fourth-order valence-electron chi connectivity index (χ4n) is 5.13. The molecule has 7 heteroatoms. The molecule has 0 spiro atoms. The maximum Gasteiger partial charge on any atom is 0.295 e. The molecule has 0 aliphatic carbocycles. The van der Waals surface area contributed by atoms with Gasteiger partial charge >= 0.3 is 0 Å². The molecule has 38 heavy (non-hydrogen) atoms. The molecule has 0 unspecified atom stereocenters. The molecule has 7 nitrogen and oxygen atoms in total. The lowest BCUT2D eigenvalue weighted by atomic mass is 9.94. The molecule has 1 saturated heterocycles. The molecule has 0 bridgehead atoms. The van der Waals surface area contributed by atoms with E-state index in [0.717, 1.165) is 16.9 Å². The second-order valence-corrected chi connectivity index (χ2v) is 9.44. The van der Waals surface area contributed by atoms with Crippen LogP contribution < -0.4 is 14.2 Å². The van der Waals surface area contributed by atoms with Gasteiger partial charge < -0.3 is 24.2 Å². The number of hydrogen-bond donors (Lipinski definition) is 1. The number of ether oxygens (including phenoxy) is 3. The molecule has 2 atom stereocenters. The first-order valence-electron chi connectivity index (χ1n) is 12.9. The Morgan fingerprint density at radius 3 is 2.45 bits per heavy atom. The van der Waals surface area contributed by atoms with E-state index in [1.807, 2.05) is 63.2 Å². The molecule has 1 amide bonds. The van der Waals surface area contributed by atoms with Crippen molar-refractivity contribution >= 4 is 17.4 Å². The van der Waals surface area contributed by atoms with Crippen LogP contribution in [0.5, 0.6) is 17.2 Å². The number of carbonyl (C=O) groups is 2. The summed E-state index contributed by atoms with van der Waals surface area (Å²) in [6.07, 6.45) is 0.749. The van der Waals surface area contributed by atoms with Crippen molar-refractivity contribution in [3.63, 3.8) is 0 Å². The lowest BCUT2D eigenvalue weighted by Gasteiger charge is -2.26. The summed E-state index contributed by atoms with van der Waals surface area (Å²) in [4.78, 5) is 28.4. The van der Waals surface area contributed by atoms with E-state index >= 15 is 0 Å². The van der Waals surface area contributed by atoms with Gasteiger partial charge in [0.2, 0.25) is 0 Å². The molecule has 3 aromatic rings. The molecule has 1 N–H and O–H groups in total. The van der Waals surface area contributed by atoms with Gasteiger partial charge in [0, 0.05) is 18.5 Å². The summed E-state index contributed by atoms with van der Waals surface area (Å²) in [5.41, 5.74) is 2.99. The maximum absolute atomic E-state index is 13.5. The van der Waals surface area contributed by atoms with Crippen LogP contribution in [-0.4, -0.2) is 41.0 Å². The molecule has 2 heterocycles. The third-order valence-corrected chi connectivity index (χ3v) is 6.79. The summed E-state index contributed by atoms with van der Waals surface area (Å²) in [5, 5.41) is 11.5. The average Bonchev–Trinajstić information content (AvgIpc) is 3.41. The van der Waals surface area contributed by atoms with Gasteiger partial charge in [-0.05, 0) is 67.8 Å². The Labute approximate surface area is 222 Å². The normalized spacial score (nSPS) is 19.8. The maximum atomic E-state index is 13.5. The first kappa shape index (κ1) is 25.4. The van der Waals surface area contributed by atoms with E-state index in [9.17, 15) is 14.7 Å². The SMILES string of the molecule is CCOc1ccc([C@@H]2/C(=C(\O)c3ccc4c(c3)C[C@H](C)O4)C(=O)C(=O)N2Cc2ccccc2)cc1OCC. The number of Topliss-reactive ketones (excluding diaryl/α,β-unsaturated/α-hetero) is 1. The van der Waals surface area contributed by atoms with Crippen molar-refractivity contribution in [3.05, 3.63) is 94.6 Å². The lowest BCUT2D eigenvalue weighted by Crippen LogP contribution is -2.29. The monoisotopic (exact) mass is 513 g/mol. The van der Waals surface area contributed by atoms with Crippen molar-refractivity contribution in [3.8, 4) is 17.2 Å². The number of amides is 1. The number of ketones is 1. The van der Waals surface area contributed by atoms with E-state index in [2.05, 4.69) is 0 Å². The number of carbonyl (C=O) groups excluding carboxylic acids is 2. The lowest BCUT2D eigenvalue weighted by molar-refractivity contribution is -0.140. The largest absolute Gasteiger partial charge is 0.507 e. The molecule has 2 aliphatic rings. The van der Waals surface area contributed by atoms with Crippen molar-refractivity contribution in [1.29, 1.82) is 0 Å². The van der Waals surface area contributed by atoms with E-state index in [-0.39, 0.29) is 24.0 Å². The zero-order valence-corrected chi connectivity index (χ0v) is 21.8. The minimum atomic E-state index is -0.812. The minimum absolute atomic E-state index is 0.0414. The summed E-state index contributed by atoms with van der Waals surface area (Å²) in [7, 11) is 0. The Bertz CT molecular complexity index is 1400. The highest BCUT2D eigenvalue weighted by Gasteiger charge is 2.46. The first-order valence-corrected chi connectivity index (χ1v) is 12.9. The van der Waals surface area contributed by atoms with Gasteiger partial charge in [0.05, 0.1) is 24.8 Å². The van der Waals surface area contributed by atoms with Gasteiger partial charge in [-0.1, -0.05) is 36.4 Å².